The van der Waals surface area contributed by atoms with E-state index < -0.39 is 12.0 Å². The van der Waals surface area contributed by atoms with Gasteiger partial charge >= 0.3 is 12.0 Å². The molecular formula is C22H22N6O4. The number of amides is 2. The summed E-state index contributed by atoms with van der Waals surface area (Å²) in [6.07, 6.45) is 2.45. The second-order valence-electron chi connectivity index (χ2n) is 6.65. The molecule has 0 unspecified atom stereocenters. The van der Waals surface area contributed by atoms with Crippen LogP contribution in [0.4, 0.5) is 10.5 Å². The van der Waals surface area contributed by atoms with Crippen molar-refractivity contribution in [1.29, 1.82) is 0 Å². The SMILES string of the molecule is CNC(=O)N/C(=N\c1ccc(Oc2cncc(C(=O)O)n2)cc1)NCc1ccc(C)cc1. The number of carbonyl (C=O) groups excluding carboxylic acids is 1. The molecule has 0 aliphatic carbocycles. The predicted octanol–water partition coefficient (Wildman–Crippen LogP) is 2.98. The molecule has 3 aromatic rings. The summed E-state index contributed by atoms with van der Waals surface area (Å²) in [5.74, 6) is -0.433. The highest BCUT2D eigenvalue weighted by molar-refractivity contribution is 5.97. The molecular weight excluding hydrogens is 412 g/mol. The molecule has 10 heteroatoms. The van der Waals surface area contributed by atoms with Crippen molar-refractivity contribution in [3.8, 4) is 11.6 Å². The number of hydrogen-bond donors (Lipinski definition) is 4. The van der Waals surface area contributed by atoms with Gasteiger partial charge in [-0.05, 0) is 36.8 Å². The van der Waals surface area contributed by atoms with Crippen molar-refractivity contribution in [1.82, 2.24) is 25.9 Å². The van der Waals surface area contributed by atoms with E-state index in [0.717, 1.165) is 17.3 Å². The fraction of sp³-hybridized carbons (Fsp3) is 0.136. The highest BCUT2D eigenvalue weighted by Gasteiger charge is 2.08. The second-order valence-corrected chi connectivity index (χ2v) is 6.65. The Balaban J connectivity index is 1.71. The quantitative estimate of drug-likeness (QED) is 0.346. The van der Waals surface area contributed by atoms with E-state index in [2.05, 4.69) is 30.9 Å². The number of guanidine groups is 1. The summed E-state index contributed by atoms with van der Waals surface area (Å²) in [4.78, 5) is 34.9. The number of carbonyl (C=O) groups is 2. The fourth-order valence-electron chi connectivity index (χ4n) is 2.51. The van der Waals surface area contributed by atoms with Crippen LogP contribution in [0.15, 0.2) is 65.9 Å². The number of nitrogens with one attached hydrogen (secondary N) is 3. The summed E-state index contributed by atoms with van der Waals surface area (Å²) in [6.45, 7) is 2.49. The van der Waals surface area contributed by atoms with Gasteiger partial charge in [0.25, 0.3) is 0 Å². The van der Waals surface area contributed by atoms with Gasteiger partial charge in [0.2, 0.25) is 11.8 Å². The lowest BCUT2D eigenvalue weighted by Crippen LogP contribution is -2.44. The Hall–Kier alpha value is -4.47. The minimum absolute atomic E-state index is 0.0582. The molecule has 0 aliphatic rings. The van der Waals surface area contributed by atoms with Crippen molar-refractivity contribution in [3.05, 3.63) is 77.7 Å². The van der Waals surface area contributed by atoms with E-state index in [1.807, 2.05) is 31.2 Å². The van der Waals surface area contributed by atoms with Crippen LogP contribution in [0.25, 0.3) is 0 Å². The van der Waals surface area contributed by atoms with Crippen LogP contribution in [0.2, 0.25) is 0 Å². The van der Waals surface area contributed by atoms with Crippen molar-refractivity contribution < 1.29 is 19.4 Å². The Kier molecular flexibility index (Phi) is 7.31. The number of carboxylic acids is 1. The molecule has 0 aliphatic heterocycles. The zero-order valence-corrected chi connectivity index (χ0v) is 17.5. The minimum Gasteiger partial charge on any atom is -0.476 e. The first kappa shape index (κ1) is 22.2. The maximum Gasteiger partial charge on any atom is 0.356 e. The van der Waals surface area contributed by atoms with E-state index in [9.17, 15) is 9.59 Å². The molecule has 0 bridgehead atoms. The van der Waals surface area contributed by atoms with Gasteiger partial charge in [0.05, 0.1) is 18.1 Å². The number of aliphatic imine (C=N–C) groups is 1. The number of aromatic carboxylic acids is 1. The number of aromatic nitrogens is 2. The van der Waals surface area contributed by atoms with Crippen LogP contribution in [-0.2, 0) is 6.54 Å². The minimum atomic E-state index is -1.19. The largest absolute Gasteiger partial charge is 0.476 e. The molecule has 1 aromatic heterocycles. The van der Waals surface area contributed by atoms with E-state index >= 15 is 0 Å². The lowest BCUT2D eigenvalue weighted by molar-refractivity contribution is 0.0689. The van der Waals surface area contributed by atoms with Gasteiger partial charge in [0.1, 0.15) is 5.75 Å². The third kappa shape index (κ3) is 6.52. The summed E-state index contributed by atoms with van der Waals surface area (Å²) < 4.78 is 5.55. The molecule has 3 rings (SSSR count). The average molecular weight is 434 g/mol. The molecule has 0 fully saturated rings. The molecule has 164 valence electrons. The Bertz CT molecular complexity index is 1110. The van der Waals surface area contributed by atoms with E-state index in [-0.39, 0.29) is 17.5 Å². The monoisotopic (exact) mass is 434 g/mol. The Morgan fingerprint density at radius 3 is 2.44 bits per heavy atom. The standard InChI is InChI=1S/C22H22N6O4/c1-14-3-5-15(6-4-14)11-25-21(28-22(31)23-2)26-16-7-9-17(10-8-16)32-19-13-24-12-18(27-19)20(29)30/h3-10,12-13H,11H2,1-2H3,(H,29,30)(H3,23,25,26,28,31). The van der Waals surface area contributed by atoms with Crippen LogP contribution in [0.3, 0.4) is 0 Å². The Morgan fingerprint density at radius 1 is 1.06 bits per heavy atom. The lowest BCUT2D eigenvalue weighted by Gasteiger charge is -2.12. The second kappa shape index (κ2) is 10.5. The van der Waals surface area contributed by atoms with Crippen LogP contribution in [0, 0.1) is 6.92 Å². The molecule has 0 spiro atoms. The highest BCUT2D eigenvalue weighted by atomic mass is 16.5. The van der Waals surface area contributed by atoms with Crippen molar-refractivity contribution in [2.75, 3.05) is 7.05 Å². The van der Waals surface area contributed by atoms with E-state index in [1.165, 1.54) is 13.2 Å². The molecule has 2 aromatic carbocycles. The zero-order chi connectivity index (χ0) is 22.9. The van der Waals surface area contributed by atoms with Gasteiger partial charge in [-0.3, -0.25) is 10.3 Å². The van der Waals surface area contributed by atoms with Crippen molar-refractivity contribution in [2.45, 2.75) is 13.5 Å². The normalized spacial score (nSPS) is 10.9. The average Bonchev–Trinajstić information content (AvgIpc) is 2.80. The molecule has 32 heavy (non-hydrogen) atoms. The molecule has 0 saturated carbocycles. The number of benzene rings is 2. The zero-order valence-electron chi connectivity index (χ0n) is 17.5. The third-order valence-corrected chi connectivity index (χ3v) is 4.17. The Morgan fingerprint density at radius 2 is 1.78 bits per heavy atom. The maximum absolute atomic E-state index is 11.8. The van der Waals surface area contributed by atoms with Crippen LogP contribution in [0.1, 0.15) is 21.6 Å². The van der Waals surface area contributed by atoms with Gasteiger partial charge in [-0.15, -0.1) is 0 Å². The molecule has 1 heterocycles. The summed E-state index contributed by atoms with van der Waals surface area (Å²) in [7, 11) is 1.52. The van der Waals surface area contributed by atoms with Gasteiger partial charge in [-0.1, -0.05) is 29.8 Å². The van der Waals surface area contributed by atoms with E-state index in [0.29, 0.717) is 18.0 Å². The molecule has 0 atom stereocenters. The summed E-state index contributed by atoms with van der Waals surface area (Å²) in [6, 6.07) is 14.3. The molecule has 0 saturated heterocycles. The first-order valence-electron chi connectivity index (χ1n) is 9.63. The van der Waals surface area contributed by atoms with Gasteiger partial charge < -0.3 is 20.5 Å². The number of hydrogen-bond acceptors (Lipinski definition) is 6. The number of carboxylic acid groups (broad SMARTS) is 1. The number of nitrogens with zero attached hydrogens (tertiary/aromatic N) is 3. The van der Waals surface area contributed by atoms with Crippen LogP contribution < -0.4 is 20.7 Å². The smallest absolute Gasteiger partial charge is 0.356 e. The Labute approximate surface area is 184 Å². The van der Waals surface area contributed by atoms with Crippen molar-refractivity contribution in [2.24, 2.45) is 4.99 Å². The number of rotatable bonds is 6. The maximum atomic E-state index is 11.8. The molecule has 2 amide bonds. The number of urea groups is 1. The lowest BCUT2D eigenvalue weighted by atomic mass is 10.1. The molecule has 4 N–H and O–H groups in total. The van der Waals surface area contributed by atoms with E-state index in [4.69, 9.17) is 9.84 Å². The van der Waals surface area contributed by atoms with Gasteiger partial charge in [-0.25, -0.2) is 19.6 Å². The van der Waals surface area contributed by atoms with Crippen molar-refractivity contribution >= 4 is 23.6 Å². The summed E-state index contributed by atoms with van der Waals surface area (Å²) in [5, 5.41) is 17.2. The first-order valence-corrected chi connectivity index (χ1v) is 9.63. The number of ether oxygens (including phenoxy) is 1. The topological polar surface area (TPSA) is 138 Å². The third-order valence-electron chi connectivity index (χ3n) is 4.17. The van der Waals surface area contributed by atoms with Crippen molar-refractivity contribution in [3.63, 3.8) is 0 Å². The van der Waals surface area contributed by atoms with Crippen LogP contribution in [0.5, 0.6) is 11.6 Å². The van der Waals surface area contributed by atoms with Gasteiger partial charge in [0, 0.05) is 13.6 Å². The number of aryl methyl sites for hydroxylation is 1. The van der Waals surface area contributed by atoms with E-state index in [1.54, 1.807) is 24.3 Å². The van der Waals surface area contributed by atoms with Gasteiger partial charge in [0.15, 0.2) is 5.69 Å². The highest BCUT2D eigenvalue weighted by Crippen LogP contribution is 2.22. The van der Waals surface area contributed by atoms with Crippen LogP contribution in [-0.4, -0.2) is 40.1 Å². The van der Waals surface area contributed by atoms with Gasteiger partial charge in [-0.2, -0.15) is 0 Å². The molecule has 10 nitrogen and oxygen atoms in total. The first-order chi connectivity index (χ1) is 15.4. The summed E-state index contributed by atoms with van der Waals surface area (Å²) in [5.41, 5.74) is 2.54. The molecule has 0 radical (unpaired) electrons. The summed E-state index contributed by atoms with van der Waals surface area (Å²) >= 11 is 0. The predicted molar refractivity (Wildman–Crippen MR) is 118 cm³/mol. The fourth-order valence-corrected chi connectivity index (χ4v) is 2.51. The van der Waals surface area contributed by atoms with Crippen LogP contribution >= 0.6 is 0 Å².